The summed E-state index contributed by atoms with van der Waals surface area (Å²) < 4.78 is 0. The van der Waals surface area contributed by atoms with Crippen LogP contribution in [0.3, 0.4) is 0 Å². The molecule has 0 aromatic heterocycles. The van der Waals surface area contributed by atoms with Crippen LogP contribution < -0.4 is 10.2 Å². The Morgan fingerprint density at radius 3 is 2.50 bits per heavy atom. The molecule has 0 radical (unpaired) electrons. The highest BCUT2D eigenvalue weighted by Gasteiger charge is 2.38. The van der Waals surface area contributed by atoms with E-state index in [1.54, 1.807) is 11.0 Å². The van der Waals surface area contributed by atoms with Gasteiger partial charge in [0.15, 0.2) is 0 Å². The third-order valence-electron chi connectivity index (χ3n) is 4.44. The molecule has 4 nitrogen and oxygen atoms in total. The van der Waals surface area contributed by atoms with Crippen molar-refractivity contribution in [3.05, 3.63) is 28.8 Å². The van der Waals surface area contributed by atoms with Gasteiger partial charge in [0.25, 0.3) is 5.91 Å². The lowest BCUT2D eigenvalue weighted by Gasteiger charge is -2.19. The Hall–Kier alpha value is -1.55. The number of carbonyl (C=O) groups excluding carboxylic acids is 2. The molecule has 5 heteroatoms. The molecule has 1 heterocycles. The van der Waals surface area contributed by atoms with Gasteiger partial charge in [0.05, 0.1) is 10.7 Å². The Morgan fingerprint density at radius 1 is 1.17 bits per heavy atom. The van der Waals surface area contributed by atoms with Gasteiger partial charge >= 0.3 is 0 Å². The van der Waals surface area contributed by atoms with Crippen molar-refractivity contribution >= 4 is 29.1 Å². The molecule has 1 aliphatic heterocycles. The molecule has 0 bridgehead atoms. The average Bonchev–Trinajstić information content (AvgIpc) is 2.80. The van der Waals surface area contributed by atoms with E-state index in [0.29, 0.717) is 11.6 Å². The molecule has 132 valence electrons. The van der Waals surface area contributed by atoms with Crippen molar-refractivity contribution < 1.29 is 9.59 Å². The number of halogens is 1. The Kier molecular flexibility index (Phi) is 7.10. The summed E-state index contributed by atoms with van der Waals surface area (Å²) in [7, 11) is 0. The molecule has 1 aromatic carbocycles. The second-order valence-electron chi connectivity index (χ2n) is 6.42. The van der Waals surface area contributed by atoms with Crippen LogP contribution in [0.15, 0.2) is 18.2 Å². The quantitative estimate of drug-likeness (QED) is 0.661. The fourth-order valence-electron chi connectivity index (χ4n) is 3.24. The van der Waals surface area contributed by atoms with E-state index in [2.05, 4.69) is 12.2 Å². The van der Waals surface area contributed by atoms with Gasteiger partial charge in [-0.05, 0) is 12.5 Å². The minimum absolute atomic E-state index is 0.0840. The lowest BCUT2D eigenvalue weighted by atomic mass is 10.1. The molecule has 1 aliphatic rings. The summed E-state index contributed by atoms with van der Waals surface area (Å²) in [5.74, 6) is -0.295. The molecule has 24 heavy (non-hydrogen) atoms. The van der Waals surface area contributed by atoms with Crippen LogP contribution in [-0.2, 0) is 9.59 Å². The second kappa shape index (κ2) is 9.07. The van der Waals surface area contributed by atoms with Crippen molar-refractivity contribution in [1.29, 1.82) is 0 Å². The van der Waals surface area contributed by atoms with Gasteiger partial charge in [-0.3, -0.25) is 9.59 Å². The van der Waals surface area contributed by atoms with Crippen molar-refractivity contribution in [3.8, 4) is 0 Å². The molecule has 2 amide bonds. The molecule has 0 spiro atoms. The predicted molar refractivity (Wildman–Crippen MR) is 98.4 cm³/mol. The molecule has 1 N–H and O–H groups in total. The van der Waals surface area contributed by atoms with Crippen LogP contribution in [0, 0.1) is 0 Å². The van der Waals surface area contributed by atoms with E-state index < -0.39 is 6.04 Å². The molecular formula is C19H27ClN2O2. The Balaban J connectivity index is 1.97. The summed E-state index contributed by atoms with van der Waals surface area (Å²) in [6.45, 7) is 4.29. The van der Waals surface area contributed by atoms with Crippen molar-refractivity contribution in [2.45, 2.75) is 64.8 Å². The van der Waals surface area contributed by atoms with Crippen LogP contribution in [-0.4, -0.2) is 18.4 Å². The number of hydrogen-bond acceptors (Lipinski definition) is 2. The third-order valence-corrected chi connectivity index (χ3v) is 4.75. The van der Waals surface area contributed by atoms with E-state index in [9.17, 15) is 9.59 Å². The maximum atomic E-state index is 12.7. The van der Waals surface area contributed by atoms with Crippen LogP contribution >= 0.6 is 11.6 Å². The van der Waals surface area contributed by atoms with E-state index in [1.807, 2.05) is 12.1 Å². The molecule has 0 fully saturated rings. The van der Waals surface area contributed by atoms with E-state index in [1.165, 1.54) is 39.0 Å². The monoisotopic (exact) mass is 350 g/mol. The fraction of sp³-hybridized carbons (Fsp3) is 0.579. The smallest absolute Gasteiger partial charge is 0.254 e. The standard InChI is InChI=1S/C19H27ClN2O2/c1-3-4-5-6-7-8-9-13-22-18-15(11-10-12-16(18)20)17(19(22)24)21-14(2)23/h10-12,17H,3-9,13H2,1-2H3,(H,21,23). The van der Waals surface area contributed by atoms with Crippen LogP contribution in [0.4, 0.5) is 5.69 Å². The first-order valence-corrected chi connectivity index (χ1v) is 9.31. The van der Waals surface area contributed by atoms with Gasteiger partial charge in [-0.2, -0.15) is 0 Å². The first-order valence-electron chi connectivity index (χ1n) is 8.93. The maximum absolute atomic E-state index is 12.7. The van der Waals surface area contributed by atoms with Crippen molar-refractivity contribution in [2.75, 3.05) is 11.4 Å². The number of rotatable bonds is 9. The summed E-state index contributed by atoms with van der Waals surface area (Å²) >= 11 is 6.32. The second-order valence-corrected chi connectivity index (χ2v) is 6.83. The number of amides is 2. The van der Waals surface area contributed by atoms with Gasteiger partial charge in [0.1, 0.15) is 6.04 Å². The normalized spacial score (nSPS) is 16.4. The number of unbranched alkanes of at least 4 members (excludes halogenated alkanes) is 6. The highest BCUT2D eigenvalue weighted by Crippen LogP contribution is 2.41. The summed E-state index contributed by atoms with van der Waals surface area (Å²) in [5, 5.41) is 3.31. The fourth-order valence-corrected chi connectivity index (χ4v) is 3.52. The number of hydrogen-bond donors (Lipinski definition) is 1. The topological polar surface area (TPSA) is 49.4 Å². The Morgan fingerprint density at radius 2 is 1.83 bits per heavy atom. The van der Waals surface area contributed by atoms with E-state index >= 15 is 0 Å². The van der Waals surface area contributed by atoms with Crippen LogP contribution in [0.25, 0.3) is 0 Å². The Bertz CT molecular complexity index is 589. The third kappa shape index (κ3) is 4.50. The minimum atomic E-state index is -0.610. The van der Waals surface area contributed by atoms with Gasteiger partial charge < -0.3 is 10.2 Å². The maximum Gasteiger partial charge on any atom is 0.254 e. The summed E-state index contributed by atoms with van der Waals surface area (Å²) in [6, 6.07) is 4.87. The highest BCUT2D eigenvalue weighted by molar-refractivity contribution is 6.34. The summed E-state index contributed by atoms with van der Waals surface area (Å²) in [5.41, 5.74) is 1.56. The van der Waals surface area contributed by atoms with Crippen LogP contribution in [0.5, 0.6) is 0 Å². The highest BCUT2D eigenvalue weighted by atomic mass is 35.5. The van der Waals surface area contributed by atoms with E-state index in [4.69, 9.17) is 11.6 Å². The summed E-state index contributed by atoms with van der Waals surface area (Å²) in [4.78, 5) is 25.9. The van der Waals surface area contributed by atoms with E-state index in [0.717, 1.165) is 24.1 Å². The van der Waals surface area contributed by atoms with Crippen LogP contribution in [0.1, 0.15) is 70.4 Å². The number of nitrogens with zero attached hydrogens (tertiary/aromatic N) is 1. The number of nitrogens with one attached hydrogen (secondary N) is 1. The first kappa shape index (κ1) is 18.8. The molecular weight excluding hydrogens is 324 g/mol. The SMILES string of the molecule is CCCCCCCCCN1C(=O)C(NC(C)=O)c2cccc(Cl)c21. The number of carbonyl (C=O) groups is 2. The molecule has 0 aliphatic carbocycles. The number of benzene rings is 1. The molecule has 1 aromatic rings. The zero-order valence-electron chi connectivity index (χ0n) is 14.6. The summed E-state index contributed by atoms with van der Waals surface area (Å²) in [6.07, 6.45) is 8.36. The molecule has 1 atom stereocenters. The molecule has 1 unspecified atom stereocenters. The minimum Gasteiger partial charge on any atom is -0.341 e. The van der Waals surface area contributed by atoms with Crippen molar-refractivity contribution in [2.24, 2.45) is 0 Å². The van der Waals surface area contributed by atoms with Gasteiger partial charge in [0.2, 0.25) is 5.91 Å². The van der Waals surface area contributed by atoms with Gasteiger partial charge in [0, 0.05) is 19.0 Å². The molecule has 0 saturated heterocycles. The number of anilines is 1. The Labute approximate surface area is 149 Å². The predicted octanol–water partition coefficient (Wildman–Crippen LogP) is 4.61. The first-order chi connectivity index (χ1) is 11.6. The van der Waals surface area contributed by atoms with Crippen molar-refractivity contribution in [3.63, 3.8) is 0 Å². The lowest BCUT2D eigenvalue weighted by molar-refractivity contribution is -0.126. The number of para-hydroxylation sites is 1. The largest absolute Gasteiger partial charge is 0.341 e. The van der Waals surface area contributed by atoms with Gasteiger partial charge in [-0.15, -0.1) is 0 Å². The molecule has 2 rings (SSSR count). The average molecular weight is 351 g/mol. The lowest BCUT2D eigenvalue weighted by Crippen LogP contribution is -2.37. The number of fused-ring (bicyclic) bond motifs is 1. The zero-order valence-corrected chi connectivity index (χ0v) is 15.4. The zero-order chi connectivity index (χ0) is 17.5. The van der Waals surface area contributed by atoms with Crippen LogP contribution in [0.2, 0.25) is 5.02 Å². The molecule has 0 saturated carbocycles. The van der Waals surface area contributed by atoms with Gasteiger partial charge in [-0.1, -0.05) is 69.2 Å². The van der Waals surface area contributed by atoms with E-state index in [-0.39, 0.29) is 11.8 Å². The van der Waals surface area contributed by atoms with Gasteiger partial charge in [-0.25, -0.2) is 0 Å². The van der Waals surface area contributed by atoms with Crippen molar-refractivity contribution in [1.82, 2.24) is 5.32 Å².